The number of aliphatic hydroxyl groups is 2. The average Bonchev–Trinajstić information content (AvgIpc) is 3.61. The Morgan fingerprint density at radius 1 is 0.774 bits per heavy atom. The fourth-order valence-electron chi connectivity index (χ4n) is 5.26. The maximum atomic E-state index is 13.4. The molecule has 8 amide bonds. The molecule has 13 N–H and O–H groups in total. The standard InChI is InChI=1S/C32H55N9O12/c1-6-15(3)24(34)29(49)38-18(11-21(33)44)31(51)41-10-8-9-20(41)28(48)36-12-22(45)37-19(14-42)27(47)35-13-23(46)39-25(16(4)7-2)30(50)40-26(17(5)43)32(52)53/h15-20,24-26,42-43H,6-14,34H2,1-5H3,(H2,33,44)(H,35,47)(H,36,48)(H,37,45)(H,38,49)(H,39,46)(H,40,50)(H,52,53)/t15-,16-,17+,18-,19-,20-,24-,25-,26-/m0/s1. The molecule has 0 radical (unpaired) electrons. The van der Waals surface area contributed by atoms with Gasteiger partial charge in [-0.2, -0.15) is 0 Å². The molecule has 0 unspecified atom stereocenters. The van der Waals surface area contributed by atoms with E-state index in [9.17, 15) is 58.5 Å². The Morgan fingerprint density at radius 2 is 1.36 bits per heavy atom. The van der Waals surface area contributed by atoms with Crippen LogP contribution >= 0.6 is 0 Å². The Hall–Kier alpha value is -4.89. The lowest BCUT2D eigenvalue weighted by Crippen LogP contribution is -2.58. The van der Waals surface area contributed by atoms with Crippen molar-refractivity contribution in [3.8, 4) is 0 Å². The summed E-state index contributed by atoms with van der Waals surface area (Å²) in [5.74, 6) is -8.85. The normalized spacial score (nSPS) is 18.4. The second-order valence-electron chi connectivity index (χ2n) is 13.1. The first-order valence-electron chi connectivity index (χ1n) is 17.4. The predicted molar refractivity (Wildman–Crippen MR) is 186 cm³/mol. The smallest absolute Gasteiger partial charge is 0.328 e. The number of carboxylic acids is 1. The summed E-state index contributed by atoms with van der Waals surface area (Å²) in [7, 11) is 0. The number of aliphatic hydroxyl groups excluding tert-OH is 2. The lowest BCUT2D eigenvalue weighted by atomic mass is 9.97. The number of primary amides is 1. The summed E-state index contributed by atoms with van der Waals surface area (Å²) >= 11 is 0. The van der Waals surface area contributed by atoms with E-state index in [1.54, 1.807) is 20.8 Å². The average molecular weight is 758 g/mol. The van der Waals surface area contributed by atoms with Gasteiger partial charge in [-0.05, 0) is 31.6 Å². The number of carbonyl (C=O) groups is 9. The van der Waals surface area contributed by atoms with Crippen LogP contribution in [-0.4, -0.2) is 142 Å². The molecule has 1 rings (SSSR count). The van der Waals surface area contributed by atoms with Crippen molar-refractivity contribution >= 4 is 53.2 Å². The summed E-state index contributed by atoms with van der Waals surface area (Å²) in [6, 6.07) is -7.83. The van der Waals surface area contributed by atoms with Crippen LogP contribution < -0.4 is 43.4 Å². The second-order valence-corrected chi connectivity index (χ2v) is 13.1. The number of likely N-dealkylation sites (tertiary alicyclic amines) is 1. The summed E-state index contributed by atoms with van der Waals surface area (Å²) in [5, 5.41) is 42.4. The Bertz CT molecular complexity index is 1350. The first-order valence-corrected chi connectivity index (χ1v) is 17.4. The van der Waals surface area contributed by atoms with Crippen LogP contribution in [0.2, 0.25) is 0 Å². The van der Waals surface area contributed by atoms with Gasteiger partial charge >= 0.3 is 5.97 Å². The number of rotatable bonds is 22. The molecule has 53 heavy (non-hydrogen) atoms. The molecule has 0 aliphatic carbocycles. The molecule has 1 heterocycles. The number of nitrogens with one attached hydrogen (secondary N) is 6. The van der Waals surface area contributed by atoms with E-state index in [1.807, 2.05) is 6.92 Å². The third-order valence-corrected chi connectivity index (χ3v) is 8.96. The minimum atomic E-state index is -1.64. The van der Waals surface area contributed by atoms with E-state index in [0.717, 1.165) is 4.90 Å². The van der Waals surface area contributed by atoms with Gasteiger partial charge in [-0.15, -0.1) is 0 Å². The van der Waals surface area contributed by atoms with Gasteiger partial charge in [0.1, 0.15) is 24.2 Å². The number of hydrogen-bond donors (Lipinski definition) is 11. The third-order valence-electron chi connectivity index (χ3n) is 8.96. The van der Waals surface area contributed by atoms with Crippen molar-refractivity contribution in [3.05, 3.63) is 0 Å². The van der Waals surface area contributed by atoms with Crippen LogP contribution in [0.15, 0.2) is 0 Å². The van der Waals surface area contributed by atoms with Gasteiger partial charge < -0.3 is 63.6 Å². The predicted octanol–water partition coefficient (Wildman–Crippen LogP) is -5.10. The van der Waals surface area contributed by atoms with Gasteiger partial charge in [-0.1, -0.05) is 40.5 Å². The fraction of sp³-hybridized carbons (Fsp3) is 0.719. The Kier molecular flexibility index (Phi) is 19.4. The molecule has 300 valence electrons. The van der Waals surface area contributed by atoms with E-state index in [0.29, 0.717) is 19.3 Å². The Balaban J connectivity index is 2.79. The molecule has 0 bridgehead atoms. The van der Waals surface area contributed by atoms with Gasteiger partial charge in [0, 0.05) is 6.54 Å². The lowest BCUT2D eigenvalue weighted by Gasteiger charge is -2.29. The quantitative estimate of drug-likeness (QED) is 0.0493. The van der Waals surface area contributed by atoms with E-state index < -0.39 is 128 Å². The zero-order valence-electron chi connectivity index (χ0n) is 30.7. The van der Waals surface area contributed by atoms with Gasteiger partial charge in [-0.25, -0.2) is 4.79 Å². The van der Waals surface area contributed by atoms with Crippen molar-refractivity contribution in [1.82, 2.24) is 36.8 Å². The number of aliphatic carboxylic acids is 1. The van der Waals surface area contributed by atoms with Crippen molar-refractivity contribution in [1.29, 1.82) is 0 Å². The Labute approximate surface area is 307 Å². The molecule has 1 saturated heterocycles. The van der Waals surface area contributed by atoms with E-state index in [-0.39, 0.29) is 18.9 Å². The van der Waals surface area contributed by atoms with E-state index >= 15 is 0 Å². The van der Waals surface area contributed by atoms with E-state index in [4.69, 9.17) is 11.5 Å². The van der Waals surface area contributed by atoms with Crippen LogP contribution in [-0.2, 0) is 43.2 Å². The molecular formula is C32H55N9O12. The minimum Gasteiger partial charge on any atom is -0.480 e. The van der Waals surface area contributed by atoms with Crippen molar-refractivity contribution in [3.63, 3.8) is 0 Å². The molecule has 1 fully saturated rings. The Morgan fingerprint density at radius 3 is 1.89 bits per heavy atom. The molecule has 0 aromatic heterocycles. The van der Waals surface area contributed by atoms with Crippen LogP contribution in [0.25, 0.3) is 0 Å². The second kappa shape index (κ2) is 22.2. The number of amides is 8. The highest BCUT2D eigenvalue weighted by Crippen LogP contribution is 2.20. The zero-order valence-corrected chi connectivity index (χ0v) is 30.7. The van der Waals surface area contributed by atoms with Gasteiger partial charge in [0.05, 0.1) is 38.3 Å². The topological polar surface area (TPSA) is 342 Å². The summed E-state index contributed by atoms with van der Waals surface area (Å²) in [6.45, 7) is 5.91. The molecule has 0 aromatic carbocycles. The highest BCUT2D eigenvalue weighted by Gasteiger charge is 2.39. The van der Waals surface area contributed by atoms with Crippen molar-refractivity contribution in [2.24, 2.45) is 23.3 Å². The van der Waals surface area contributed by atoms with Crippen LogP contribution in [0.4, 0.5) is 0 Å². The number of nitrogens with zero attached hydrogens (tertiary/aromatic N) is 1. The molecule has 1 aliphatic rings. The van der Waals surface area contributed by atoms with Gasteiger partial charge in [-0.3, -0.25) is 38.4 Å². The maximum absolute atomic E-state index is 13.4. The lowest BCUT2D eigenvalue weighted by molar-refractivity contribution is -0.145. The maximum Gasteiger partial charge on any atom is 0.328 e. The highest BCUT2D eigenvalue weighted by atomic mass is 16.4. The molecule has 0 saturated carbocycles. The minimum absolute atomic E-state index is 0.111. The number of hydrogen-bond acceptors (Lipinski definition) is 12. The first kappa shape index (κ1) is 46.1. The van der Waals surface area contributed by atoms with Gasteiger partial charge in [0.25, 0.3) is 0 Å². The molecule has 21 nitrogen and oxygen atoms in total. The fourth-order valence-corrected chi connectivity index (χ4v) is 5.26. The van der Waals surface area contributed by atoms with Crippen LogP contribution in [0, 0.1) is 11.8 Å². The summed E-state index contributed by atoms with van der Waals surface area (Å²) in [4.78, 5) is 114. The molecule has 0 spiro atoms. The number of nitrogens with two attached hydrogens (primary N) is 2. The van der Waals surface area contributed by atoms with Crippen molar-refractivity contribution < 1.29 is 58.5 Å². The van der Waals surface area contributed by atoms with E-state index in [1.165, 1.54) is 6.92 Å². The summed E-state index contributed by atoms with van der Waals surface area (Å²) in [6.07, 6.45) is -0.402. The van der Waals surface area contributed by atoms with Gasteiger partial charge in [0.2, 0.25) is 47.3 Å². The summed E-state index contributed by atoms with van der Waals surface area (Å²) in [5.41, 5.74) is 11.3. The van der Waals surface area contributed by atoms with E-state index in [2.05, 4.69) is 31.9 Å². The third kappa shape index (κ3) is 14.6. The van der Waals surface area contributed by atoms with Crippen LogP contribution in [0.1, 0.15) is 66.7 Å². The molecule has 1 aliphatic heterocycles. The number of carboxylic acid groups (broad SMARTS) is 1. The largest absolute Gasteiger partial charge is 0.480 e. The summed E-state index contributed by atoms with van der Waals surface area (Å²) < 4.78 is 0. The van der Waals surface area contributed by atoms with Gasteiger partial charge in [0.15, 0.2) is 6.04 Å². The monoisotopic (exact) mass is 757 g/mol. The van der Waals surface area contributed by atoms with Crippen molar-refractivity contribution in [2.75, 3.05) is 26.2 Å². The first-order chi connectivity index (χ1) is 24.8. The molecule has 0 aromatic rings. The molecular weight excluding hydrogens is 702 g/mol. The van der Waals surface area contributed by atoms with Crippen LogP contribution in [0.5, 0.6) is 0 Å². The number of carbonyl (C=O) groups excluding carboxylic acids is 8. The zero-order chi connectivity index (χ0) is 40.6. The van der Waals surface area contributed by atoms with Crippen molar-refractivity contribution in [2.45, 2.75) is 109 Å². The molecule has 21 heteroatoms. The highest BCUT2D eigenvalue weighted by molar-refractivity contribution is 5.97. The SMILES string of the molecule is CC[C@H](C)[C@H](N)C(=O)N[C@@H](CC(N)=O)C(=O)N1CCC[C@H]1C(=O)NCC(=O)N[C@@H](CO)C(=O)NCC(=O)N[C@H](C(=O)N[C@H](C(=O)O)[C@@H](C)O)[C@@H](C)CC. The molecule has 9 atom stereocenters. The van der Waals surface area contributed by atoms with Crippen LogP contribution in [0.3, 0.4) is 0 Å².